The lowest BCUT2D eigenvalue weighted by atomic mass is 10.2. The molecule has 2 N–H and O–H groups in total. The minimum absolute atomic E-state index is 0.00171. The zero-order valence-corrected chi connectivity index (χ0v) is 9.59. The molecule has 1 aromatic heterocycles. The van der Waals surface area contributed by atoms with Crippen LogP contribution in [0.2, 0.25) is 0 Å². The third-order valence-electron chi connectivity index (χ3n) is 1.70. The topological polar surface area (TPSA) is 65.2 Å². The highest BCUT2D eigenvalue weighted by Gasteiger charge is 2.08. The number of aromatic nitrogens is 1. The van der Waals surface area contributed by atoms with Crippen molar-refractivity contribution < 1.29 is 9.53 Å². The minimum Gasteiger partial charge on any atom is -0.468 e. The quantitative estimate of drug-likeness (QED) is 0.897. The predicted octanol–water partition coefficient (Wildman–Crippen LogP) is 1.70. The van der Waals surface area contributed by atoms with Crippen molar-refractivity contribution in [1.82, 2.24) is 4.98 Å². The Morgan fingerprint density at radius 1 is 1.71 bits per heavy atom. The maximum Gasteiger partial charge on any atom is 0.237 e. The van der Waals surface area contributed by atoms with Crippen molar-refractivity contribution in [2.45, 2.75) is 13.8 Å². The number of nitrogen functional groups attached to an aromatic ring is 1. The molecule has 0 saturated heterocycles. The fourth-order valence-corrected chi connectivity index (χ4v) is 1.17. The van der Waals surface area contributed by atoms with Gasteiger partial charge in [0.1, 0.15) is 6.61 Å². The van der Waals surface area contributed by atoms with Gasteiger partial charge in [-0.05, 0) is 35.3 Å². The first-order valence-electron chi connectivity index (χ1n) is 4.05. The highest BCUT2D eigenvalue weighted by Crippen LogP contribution is 2.27. The molecule has 76 valence electrons. The van der Waals surface area contributed by atoms with E-state index in [4.69, 9.17) is 10.5 Å². The van der Waals surface area contributed by atoms with E-state index in [9.17, 15) is 4.79 Å². The summed E-state index contributed by atoms with van der Waals surface area (Å²) in [6.07, 6.45) is 1.60. The number of carbonyl (C=O) groups is 1. The van der Waals surface area contributed by atoms with E-state index in [1.54, 1.807) is 6.20 Å². The second-order valence-corrected chi connectivity index (χ2v) is 3.79. The number of Topliss-reactive ketones (excluding diaryl/α,β-unsaturated/α-hetero) is 1. The first kappa shape index (κ1) is 11.0. The van der Waals surface area contributed by atoms with Gasteiger partial charge in [0.05, 0.1) is 5.69 Å². The van der Waals surface area contributed by atoms with Crippen molar-refractivity contribution in [3.05, 3.63) is 16.2 Å². The van der Waals surface area contributed by atoms with E-state index in [1.807, 2.05) is 6.92 Å². The fourth-order valence-electron chi connectivity index (χ4n) is 0.856. The second kappa shape index (κ2) is 4.41. The lowest BCUT2D eigenvalue weighted by Gasteiger charge is -2.08. The number of rotatable bonds is 3. The van der Waals surface area contributed by atoms with E-state index in [-0.39, 0.29) is 12.4 Å². The van der Waals surface area contributed by atoms with Gasteiger partial charge in [0.15, 0.2) is 5.78 Å². The second-order valence-electron chi connectivity index (χ2n) is 2.94. The molecule has 0 aliphatic rings. The molecule has 0 radical (unpaired) electrons. The lowest BCUT2D eigenvalue weighted by molar-refractivity contribution is -0.118. The van der Waals surface area contributed by atoms with Gasteiger partial charge < -0.3 is 10.5 Å². The number of hydrogen-bond acceptors (Lipinski definition) is 4. The average molecular weight is 259 g/mol. The van der Waals surface area contributed by atoms with Crippen molar-refractivity contribution >= 4 is 27.4 Å². The normalized spacial score (nSPS) is 9.93. The predicted molar refractivity (Wildman–Crippen MR) is 57.3 cm³/mol. The van der Waals surface area contributed by atoms with Crippen LogP contribution in [0.1, 0.15) is 12.5 Å². The highest BCUT2D eigenvalue weighted by molar-refractivity contribution is 9.10. The average Bonchev–Trinajstić information content (AvgIpc) is 2.13. The van der Waals surface area contributed by atoms with Crippen LogP contribution in [0, 0.1) is 6.92 Å². The Bertz CT molecular complexity index is 366. The molecule has 0 saturated carbocycles. The van der Waals surface area contributed by atoms with E-state index < -0.39 is 0 Å². The molecule has 0 atom stereocenters. The van der Waals surface area contributed by atoms with E-state index in [1.165, 1.54) is 6.92 Å². The van der Waals surface area contributed by atoms with Crippen LogP contribution >= 0.6 is 15.9 Å². The number of ketones is 1. The number of carbonyl (C=O) groups excluding carboxylic acids is 1. The molecule has 4 nitrogen and oxygen atoms in total. The first-order valence-corrected chi connectivity index (χ1v) is 4.84. The van der Waals surface area contributed by atoms with Crippen molar-refractivity contribution in [2.24, 2.45) is 0 Å². The molecular weight excluding hydrogens is 248 g/mol. The Labute approximate surface area is 90.6 Å². The maximum absolute atomic E-state index is 10.7. The standard InChI is InChI=1S/C9H11BrN2O2/c1-5(13)4-14-9-8(11)6(2)7(10)3-12-9/h3H,4,11H2,1-2H3. The smallest absolute Gasteiger partial charge is 0.237 e. The van der Waals surface area contributed by atoms with Crippen LogP contribution in [-0.2, 0) is 4.79 Å². The minimum atomic E-state index is -0.0632. The van der Waals surface area contributed by atoms with Crippen molar-refractivity contribution in [3.63, 3.8) is 0 Å². The Morgan fingerprint density at radius 3 is 2.93 bits per heavy atom. The zero-order chi connectivity index (χ0) is 10.7. The van der Waals surface area contributed by atoms with Crippen LogP contribution < -0.4 is 10.5 Å². The molecule has 0 aliphatic heterocycles. The Kier molecular flexibility index (Phi) is 3.46. The third-order valence-corrected chi connectivity index (χ3v) is 2.50. The molecule has 14 heavy (non-hydrogen) atoms. The summed E-state index contributed by atoms with van der Waals surface area (Å²) in [5, 5.41) is 0. The summed E-state index contributed by atoms with van der Waals surface area (Å²) < 4.78 is 5.95. The Hall–Kier alpha value is -1.10. The first-order chi connectivity index (χ1) is 6.52. The summed E-state index contributed by atoms with van der Waals surface area (Å²) in [6, 6.07) is 0. The summed E-state index contributed by atoms with van der Waals surface area (Å²) in [6.45, 7) is 3.29. The van der Waals surface area contributed by atoms with Gasteiger partial charge in [-0.2, -0.15) is 0 Å². The third kappa shape index (κ3) is 2.45. The van der Waals surface area contributed by atoms with Gasteiger partial charge in [0.25, 0.3) is 0 Å². The van der Waals surface area contributed by atoms with Gasteiger partial charge in [-0.3, -0.25) is 4.79 Å². The summed E-state index contributed by atoms with van der Waals surface area (Å²) >= 11 is 3.30. The summed E-state index contributed by atoms with van der Waals surface area (Å²) in [7, 11) is 0. The molecule has 0 unspecified atom stereocenters. The molecule has 0 aromatic carbocycles. The molecule has 0 fully saturated rings. The highest BCUT2D eigenvalue weighted by atomic mass is 79.9. The number of pyridine rings is 1. The van der Waals surface area contributed by atoms with E-state index >= 15 is 0 Å². The fraction of sp³-hybridized carbons (Fsp3) is 0.333. The van der Waals surface area contributed by atoms with Crippen molar-refractivity contribution in [2.75, 3.05) is 12.3 Å². The van der Waals surface area contributed by atoms with E-state index in [0.717, 1.165) is 10.0 Å². The molecule has 5 heteroatoms. The number of anilines is 1. The largest absolute Gasteiger partial charge is 0.468 e. The summed E-state index contributed by atoms with van der Waals surface area (Å²) in [5.74, 6) is 0.243. The summed E-state index contributed by atoms with van der Waals surface area (Å²) in [5.41, 5.74) is 7.06. The molecular formula is C9H11BrN2O2. The number of nitrogens with zero attached hydrogens (tertiary/aromatic N) is 1. The number of nitrogens with two attached hydrogens (primary N) is 1. The number of ether oxygens (including phenoxy) is 1. The SMILES string of the molecule is CC(=O)COc1ncc(Br)c(C)c1N. The van der Waals surface area contributed by atoms with Crippen molar-refractivity contribution in [1.29, 1.82) is 0 Å². The summed E-state index contributed by atoms with van der Waals surface area (Å²) in [4.78, 5) is 14.6. The lowest BCUT2D eigenvalue weighted by Crippen LogP contribution is -2.09. The van der Waals surface area contributed by atoms with Crippen molar-refractivity contribution in [3.8, 4) is 5.88 Å². The van der Waals surface area contributed by atoms with Gasteiger partial charge in [0, 0.05) is 10.7 Å². The van der Waals surface area contributed by atoms with E-state index in [2.05, 4.69) is 20.9 Å². The van der Waals surface area contributed by atoms with Gasteiger partial charge >= 0.3 is 0 Å². The van der Waals surface area contributed by atoms with E-state index in [0.29, 0.717) is 11.6 Å². The van der Waals surface area contributed by atoms with Crippen LogP contribution in [0.4, 0.5) is 5.69 Å². The Balaban J connectivity index is 2.88. The van der Waals surface area contributed by atoms with Crippen LogP contribution in [0.25, 0.3) is 0 Å². The molecule has 0 spiro atoms. The number of hydrogen-bond donors (Lipinski definition) is 1. The monoisotopic (exact) mass is 258 g/mol. The van der Waals surface area contributed by atoms with Crippen LogP contribution in [0.3, 0.4) is 0 Å². The molecule has 1 rings (SSSR count). The molecule has 0 amide bonds. The zero-order valence-electron chi connectivity index (χ0n) is 8.00. The number of halogens is 1. The molecule has 1 aromatic rings. The molecule has 1 heterocycles. The molecule has 0 aliphatic carbocycles. The van der Waals surface area contributed by atoms with Gasteiger partial charge in [-0.25, -0.2) is 4.98 Å². The van der Waals surface area contributed by atoms with Crippen LogP contribution in [0.15, 0.2) is 10.7 Å². The Morgan fingerprint density at radius 2 is 2.36 bits per heavy atom. The van der Waals surface area contributed by atoms with Gasteiger partial charge in [-0.1, -0.05) is 0 Å². The maximum atomic E-state index is 10.7. The molecule has 0 bridgehead atoms. The van der Waals surface area contributed by atoms with Gasteiger partial charge in [0.2, 0.25) is 5.88 Å². The van der Waals surface area contributed by atoms with Crippen LogP contribution in [-0.4, -0.2) is 17.4 Å². The van der Waals surface area contributed by atoms with Gasteiger partial charge in [-0.15, -0.1) is 0 Å². The van der Waals surface area contributed by atoms with Crippen LogP contribution in [0.5, 0.6) is 5.88 Å².